The van der Waals surface area contributed by atoms with Gasteiger partial charge < -0.3 is 19.5 Å². The number of hydrogen-bond donors (Lipinski definition) is 2. The fourth-order valence-electron chi connectivity index (χ4n) is 2.87. The van der Waals surface area contributed by atoms with E-state index in [2.05, 4.69) is 5.32 Å². The molecular formula is C16H27NO9S. The summed E-state index contributed by atoms with van der Waals surface area (Å²) in [6.45, 7) is 6.34. The van der Waals surface area contributed by atoms with Gasteiger partial charge in [0.05, 0.1) is 5.75 Å². The topological polar surface area (TPSA) is 145 Å². The van der Waals surface area contributed by atoms with Gasteiger partial charge in [-0.15, -0.1) is 0 Å². The van der Waals surface area contributed by atoms with Gasteiger partial charge in [0, 0.05) is 24.8 Å². The van der Waals surface area contributed by atoms with Gasteiger partial charge in [0.15, 0.2) is 0 Å². The Hall–Kier alpha value is -1.88. The fourth-order valence-corrected chi connectivity index (χ4v) is 3.46. The number of hydrogen-bond acceptors (Lipinski definition) is 8. The summed E-state index contributed by atoms with van der Waals surface area (Å²) in [6, 6.07) is -0.679. The quantitative estimate of drug-likeness (QED) is 0.426. The van der Waals surface area contributed by atoms with Crippen molar-refractivity contribution in [2.45, 2.75) is 71.8 Å². The second-order valence-electron chi connectivity index (χ2n) is 7.19. The summed E-state index contributed by atoms with van der Waals surface area (Å²) in [4.78, 5) is 35.6. The second kappa shape index (κ2) is 9.36. The third kappa shape index (κ3) is 8.12. The molecule has 1 aliphatic heterocycles. The summed E-state index contributed by atoms with van der Waals surface area (Å²) in [7, 11) is -4.22. The molecule has 2 N–H and O–H groups in total. The Balaban J connectivity index is 2.93. The van der Waals surface area contributed by atoms with Crippen LogP contribution in [0, 0.1) is 5.41 Å². The van der Waals surface area contributed by atoms with Gasteiger partial charge in [-0.25, -0.2) is 9.59 Å². The van der Waals surface area contributed by atoms with Crippen LogP contribution in [0.4, 0.5) is 4.79 Å². The monoisotopic (exact) mass is 409 g/mol. The van der Waals surface area contributed by atoms with Crippen LogP contribution in [0.15, 0.2) is 0 Å². The zero-order valence-corrected chi connectivity index (χ0v) is 16.7. The molecule has 0 aromatic heterocycles. The summed E-state index contributed by atoms with van der Waals surface area (Å²) in [5, 5.41) is 2.58. The molecule has 0 aromatic carbocycles. The van der Waals surface area contributed by atoms with Crippen LogP contribution in [-0.4, -0.2) is 55.2 Å². The maximum atomic E-state index is 12.4. The number of carbonyl (C=O) groups is 3. The molecule has 27 heavy (non-hydrogen) atoms. The van der Waals surface area contributed by atoms with Crippen LogP contribution in [0.25, 0.3) is 0 Å². The van der Waals surface area contributed by atoms with E-state index >= 15 is 0 Å². The van der Waals surface area contributed by atoms with Crippen molar-refractivity contribution >= 4 is 28.1 Å². The molecule has 1 saturated heterocycles. The summed E-state index contributed by atoms with van der Waals surface area (Å²) in [5.74, 6) is -1.75. The highest BCUT2D eigenvalue weighted by molar-refractivity contribution is 7.85. The summed E-state index contributed by atoms with van der Waals surface area (Å²) in [6.07, 6.45) is -2.39. The van der Waals surface area contributed by atoms with Crippen molar-refractivity contribution in [1.82, 2.24) is 5.32 Å². The number of rotatable bonds is 9. The van der Waals surface area contributed by atoms with Crippen LogP contribution >= 0.6 is 0 Å². The predicted octanol–water partition coefficient (Wildman–Crippen LogP) is 1.39. The molecule has 1 fully saturated rings. The first kappa shape index (κ1) is 23.2. The lowest BCUT2D eigenvalue weighted by molar-refractivity contribution is -0.171. The van der Waals surface area contributed by atoms with E-state index in [9.17, 15) is 22.8 Å². The number of esters is 1. The van der Waals surface area contributed by atoms with Crippen molar-refractivity contribution < 1.29 is 41.6 Å². The molecule has 0 aliphatic carbocycles. The van der Waals surface area contributed by atoms with E-state index in [-0.39, 0.29) is 12.8 Å². The zero-order valence-electron chi connectivity index (χ0n) is 15.9. The van der Waals surface area contributed by atoms with Gasteiger partial charge in [-0.3, -0.25) is 9.35 Å². The van der Waals surface area contributed by atoms with E-state index in [1.54, 1.807) is 13.8 Å². The Labute approximate surface area is 158 Å². The summed E-state index contributed by atoms with van der Waals surface area (Å²) < 4.78 is 46.2. The minimum Gasteiger partial charge on any atom is -0.422 e. The van der Waals surface area contributed by atoms with Crippen molar-refractivity contribution in [2.75, 3.05) is 5.75 Å². The predicted molar refractivity (Wildman–Crippen MR) is 93.2 cm³/mol. The fraction of sp³-hybridized carbons (Fsp3) is 0.812. The summed E-state index contributed by atoms with van der Waals surface area (Å²) >= 11 is 0. The van der Waals surface area contributed by atoms with Gasteiger partial charge in [-0.2, -0.15) is 8.42 Å². The molecule has 1 amide bonds. The number of amides is 1. The Morgan fingerprint density at radius 2 is 1.89 bits per heavy atom. The van der Waals surface area contributed by atoms with E-state index in [1.165, 1.54) is 6.92 Å². The van der Waals surface area contributed by atoms with E-state index in [1.807, 2.05) is 6.92 Å². The van der Waals surface area contributed by atoms with Crippen molar-refractivity contribution in [3.05, 3.63) is 0 Å². The molecular weight excluding hydrogens is 382 g/mol. The number of ether oxygens (including phenoxy) is 3. The van der Waals surface area contributed by atoms with Crippen LogP contribution in [0.3, 0.4) is 0 Å². The average molecular weight is 409 g/mol. The van der Waals surface area contributed by atoms with E-state index in [0.717, 1.165) is 0 Å². The zero-order chi connectivity index (χ0) is 20.8. The first-order valence-electron chi connectivity index (χ1n) is 8.64. The van der Waals surface area contributed by atoms with Gasteiger partial charge in [0.25, 0.3) is 16.4 Å². The smallest absolute Gasteiger partial charge is 0.422 e. The first-order valence-corrected chi connectivity index (χ1v) is 10.2. The van der Waals surface area contributed by atoms with Crippen LogP contribution in [-0.2, 0) is 33.9 Å². The van der Waals surface area contributed by atoms with Crippen LogP contribution in [0.5, 0.6) is 0 Å². The highest BCUT2D eigenvalue weighted by atomic mass is 32.2. The SMILES string of the molecule is CCCC1OC(=O)OC(C(C)(C)CC(CCS(=O)(=O)O)NC(C)=O)C(=O)O1. The molecule has 0 saturated carbocycles. The molecule has 1 aliphatic rings. The van der Waals surface area contributed by atoms with Crippen LogP contribution in [0.1, 0.15) is 53.4 Å². The summed E-state index contributed by atoms with van der Waals surface area (Å²) in [5.41, 5.74) is -1.01. The Morgan fingerprint density at radius 3 is 2.41 bits per heavy atom. The van der Waals surface area contributed by atoms with Gasteiger partial charge in [0.1, 0.15) is 0 Å². The van der Waals surface area contributed by atoms with E-state index < -0.39 is 57.8 Å². The molecule has 1 heterocycles. The van der Waals surface area contributed by atoms with Crippen LogP contribution < -0.4 is 5.32 Å². The minimum absolute atomic E-state index is 0.0769. The maximum Gasteiger partial charge on any atom is 0.512 e. The lowest BCUT2D eigenvalue weighted by Gasteiger charge is -2.33. The third-order valence-electron chi connectivity index (χ3n) is 4.04. The maximum absolute atomic E-state index is 12.4. The first-order chi connectivity index (χ1) is 12.3. The van der Waals surface area contributed by atoms with Crippen molar-refractivity contribution in [2.24, 2.45) is 5.41 Å². The van der Waals surface area contributed by atoms with E-state index in [0.29, 0.717) is 12.8 Å². The molecule has 0 spiro atoms. The molecule has 0 bridgehead atoms. The molecule has 1 rings (SSSR count). The highest BCUT2D eigenvalue weighted by Crippen LogP contribution is 2.33. The largest absolute Gasteiger partial charge is 0.512 e. The lowest BCUT2D eigenvalue weighted by atomic mass is 9.79. The Bertz CT molecular complexity index is 659. The second-order valence-corrected chi connectivity index (χ2v) is 8.76. The molecule has 3 atom stereocenters. The molecule has 0 radical (unpaired) electrons. The lowest BCUT2D eigenvalue weighted by Crippen LogP contribution is -2.46. The van der Waals surface area contributed by atoms with Gasteiger partial charge in [-0.05, 0) is 19.3 Å². The van der Waals surface area contributed by atoms with Gasteiger partial charge >= 0.3 is 12.1 Å². The number of cyclic esters (lactones) is 3. The molecule has 10 nitrogen and oxygen atoms in total. The van der Waals surface area contributed by atoms with Crippen molar-refractivity contribution in [3.8, 4) is 0 Å². The van der Waals surface area contributed by atoms with Gasteiger partial charge in [-0.1, -0.05) is 20.8 Å². The van der Waals surface area contributed by atoms with Crippen molar-refractivity contribution in [3.63, 3.8) is 0 Å². The van der Waals surface area contributed by atoms with Gasteiger partial charge in [0.2, 0.25) is 12.0 Å². The van der Waals surface area contributed by atoms with Crippen LogP contribution in [0.2, 0.25) is 0 Å². The minimum atomic E-state index is -4.22. The molecule has 11 heteroatoms. The van der Waals surface area contributed by atoms with E-state index in [4.69, 9.17) is 18.8 Å². The highest BCUT2D eigenvalue weighted by Gasteiger charge is 2.45. The number of nitrogens with one attached hydrogen (secondary N) is 1. The Kier molecular flexibility index (Phi) is 8.03. The third-order valence-corrected chi connectivity index (χ3v) is 4.79. The molecule has 156 valence electrons. The molecule has 3 unspecified atom stereocenters. The van der Waals surface area contributed by atoms with Crippen molar-refractivity contribution in [1.29, 1.82) is 0 Å². The number of carbonyl (C=O) groups excluding carboxylic acids is 3. The average Bonchev–Trinajstić information content (AvgIpc) is 2.62. The standard InChI is InChI=1S/C16H27NO9S/c1-5-6-12-24-14(19)13(26-15(20)25-12)16(3,4)9-11(17-10(2)18)7-8-27(21,22)23/h11-13H,5-9H2,1-4H3,(H,17,18)(H,21,22,23). The normalized spacial score (nSPS) is 22.1. The molecule has 0 aromatic rings. The Morgan fingerprint density at radius 1 is 1.26 bits per heavy atom.